The molecule has 3 aliphatic carbocycles. The van der Waals surface area contributed by atoms with Crippen LogP contribution in [-0.4, -0.2) is 15.6 Å². The van der Waals surface area contributed by atoms with Crippen molar-refractivity contribution < 1.29 is 4.79 Å². The summed E-state index contributed by atoms with van der Waals surface area (Å²) in [4.78, 5) is 13.0. The highest BCUT2D eigenvalue weighted by Gasteiger charge is 2.59. The molecule has 0 radical (unpaired) electrons. The van der Waals surface area contributed by atoms with E-state index in [0.29, 0.717) is 11.7 Å². The van der Waals surface area contributed by atoms with E-state index < -0.39 is 0 Å². The minimum Gasteiger partial charge on any atom is -0.299 e. The van der Waals surface area contributed by atoms with Gasteiger partial charge in [-0.15, -0.1) is 0 Å². The number of fused-ring (bicyclic) bond motifs is 4. The predicted molar refractivity (Wildman–Crippen MR) is 103 cm³/mol. The summed E-state index contributed by atoms with van der Waals surface area (Å²) in [6.45, 7) is 2.41. The molecule has 2 atom stereocenters. The van der Waals surface area contributed by atoms with Crippen LogP contribution >= 0.6 is 0 Å². The number of hydrogen-bond donors (Lipinski definition) is 0. The monoisotopic (exact) mass is 348 g/mol. The molecule has 2 saturated carbocycles. The van der Waals surface area contributed by atoms with Gasteiger partial charge in [0.05, 0.1) is 11.4 Å². The predicted octanol–water partition coefficient (Wildman–Crippen LogP) is 4.83. The van der Waals surface area contributed by atoms with Crippen molar-refractivity contribution in [1.82, 2.24) is 9.78 Å². The van der Waals surface area contributed by atoms with Gasteiger partial charge in [0.2, 0.25) is 0 Å². The summed E-state index contributed by atoms with van der Waals surface area (Å²) >= 11 is 0. The second-order valence-corrected chi connectivity index (χ2v) is 8.96. The number of hydrogen-bond acceptors (Lipinski definition) is 2. The van der Waals surface area contributed by atoms with E-state index in [-0.39, 0.29) is 10.8 Å². The van der Waals surface area contributed by atoms with Gasteiger partial charge in [0.15, 0.2) is 0 Å². The van der Waals surface area contributed by atoms with E-state index >= 15 is 0 Å². The highest BCUT2D eigenvalue weighted by Crippen LogP contribution is 2.61. The Hall–Kier alpha value is -1.90. The number of benzene rings is 1. The molecule has 0 N–H and O–H groups in total. The van der Waals surface area contributed by atoms with Crippen LogP contribution in [0.25, 0.3) is 11.3 Å². The largest absolute Gasteiger partial charge is 0.299 e. The fourth-order valence-corrected chi connectivity index (χ4v) is 6.62. The van der Waals surface area contributed by atoms with Crippen molar-refractivity contribution >= 4 is 5.78 Å². The summed E-state index contributed by atoms with van der Waals surface area (Å²) in [6, 6.07) is 10.7. The number of aromatic nitrogens is 2. The number of nitrogens with zero attached hydrogens (tertiary/aromatic N) is 2. The summed E-state index contributed by atoms with van der Waals surface area (Å²) in [5.41, 5.74) is 5.26. The standard InChI is InChI=1S/C23H28N2O/c1-22-15-12-19(26)23(13-6-7-14-23)18(22)11-10-17-20(25(2)24-21(17)22)16-8-4-3-5-9-16/h3-5,8-9,18H,6-7,10-15H2,1-2H3/t18-,22+/m1/s1. The van der Waals surface area contributed by atoms with Crippen LogP contribution < -0.4 is 0 Å². The van der Waals surface area contributed by atoms with E-state index in [0.717, 1.165) is 38.5 Å². The summed E-state index contributed by atoms with van der Waals surface area (Å²) in [5.74, 6) is 1.03. The van der Waals surface area contributed by atoms with E-state index in [1.807, 2.05) is 0 Å². The Balaban J connectivity index is 1.65. The molecule has 0 saturated heterocycles. The maximum atomic E-state index is 13.0. The lowest BCUT2D eigenvalue weighted by Gasteiger charge is -2.53. The first-order valence-corrected chi connectivity index (χ1v) is 10.2. The van der Waals surface area contributed by atoms with Crippen molar-refractivity contribution in [2.45, 2.75) is 63.7 Å². The Kier molecular flexibility index (Phi) is 3.47. The van der Waals surface area contributed by atoms with Gasteiger partial charge in [0.25, 0.3) is 0 Å². The minimum absolute atomic E-state index is 0.0465. The average molecular weight is 348 g/mol. The SMILES string of the molecule is Cn1nc2c(c1-c1ccccc1)CC[C@H]1C3(CCCC3)C(=O)CC[C@]21C. The molecule has 0 bridgehead atoms. The zero-order chi connectivity index (χ0) is 17.9. The summed E-state index contributed by atoms with van der Waals surface area (Å²) < 4.78 is 2.09. The van der Waals surface area contributed by atoms with Gasteiger partial charge in [-0.05, 0) is 38.0 Å². The van der Waals surface area contributed by atoms with Gasteiger partial charge in [0.1, 0.15) is 5.78 Å². The van der Waals surface area contributed by atoms with Crippen molar-refractivity contribution in [3.63, 3.8) is 0 Å². The van der Waals surface area contributed by atoms with Crippen molar-refractivity contribution in [2.24, 2.45) is 18.4 Å². The molecule has 2 aromatic rings. The van der Waals surface area contributed by atoms with Gasteiger partial charge in [-0.1, -0.05) is 50.1 Å². The molecular formula is C23H28N2O. The molecule has 1 heterocycles. The van der Waals surface area contributed by atoms with Gasteiger partial charge in [-0.25, -0.2) is 0 Å². The lowest BCUT2D eigenvalue weighted by molar-refractivity contribution is -0.139. The van der Waals surface area contributed by atoms with Crippen molar-refractivity contribution in [3.8, 4) is 11.3 Å². The molecule has 5 rings (SSSR count). The van der Waals surface area contributed by atoms with Crippen LogP contribution in [0.3, 0.4) is 0 Å². The van der Waals surface area contributed by atoms with E-state index in [2.05, 4.69) is 49.0 Å². The van der Waals surface area contributed by atoms with Crippen LogP contribution in [0.4, 0.5) is 0 Å². The third-order valence-corrected chi connectivity index (χ3v) is 7.78. The molecule has 0 amide bonds. The molecule has 26 heavy (non-hydrogen) atoms. The minimum atomic E-state index is -0.0465. The average Bonchev–Trinajstić information content (AvgIpc) is 3.25. The molecule has 3 nitrogen and oxygen atoms in total. The highest BCUT2D eigenvalue weighted by molar-refractivity contribution is 5.87. The fraction of sp³-hybridized carbons (Fsp3) is 0.565. The van der Waals surface area contributed by atoms with Gasteiger partial charge in [0, 0.05) is 35.4 Å². The van der Waals surface area contributed by atoms with Crippen LogP contribution in [-0.2, 0) is 23.7 Å². The molecule has 1 aromatic carbocycles. The van der Waals surface area contributed by atoms with Gasteiger partial charge in [-0.3, -0.25) is 9.48 Å². The first-order valence-electron chi connectivity index (χ1n) is 10.2. The van der Waals surface area contributed by atoms with Crippen molar-refractivity contribution in [3.05, 3.63) is 41.6 Å². The van der Waals surface area contributed by atoms with Crippen LogP contribution in [0, 0.1) is 11.3 Å². The number of carbonyl (C=O) groups is 1. The Morgan fingerprint density at radius 2 is 1.81 bits per heavy atom. The molecule has 136 valence electrons. The third-order valence-electron chi connectivity index (χ3n) is 7.78. The van der Waals surface area contributed by atoms with E-state index in [4.69, 9.17) is 5.10 Å². The maximum absolute atomic E-state index is 13.0. The molecule has 0 aliphatic heterocycles. The number of Topliss-reactive ketones (excluding diaryl/α,β-unsaturated/α-hetero) is 1. The van der Waals surface area contributed by atoms with Crippen LogP contribution in [0.2, 0.25) is 0 Å². The first-order chi connectivity index (χ1) is 12.6. The van der Waals surface area contributed by atoms with Gasteiger partial charge in [-0.2, -0.15) is 5.10 Å². The Labute approximate surface area is 155 Å². The van der Waals surface area contributed by atoms with Crippen LogP contribution in [0.5, 0.6) is 0 Å². The summed E-state index contributed by atoms with van der Waals surface area (Å²) in [6.07, 6.45) is 8.58. The molecule has 3 heteroatoms. The number of aryl methyl sites for hydroxylation is 1. The molecule has 0 unspecified atom stereocenters. The van der Waals surface area contributed by atoms with Crippen molar-refractivity contribution in [1.29, 1.82) is 0 Å². The lowest BCUT2D eigenvalue weighted by atomic mass is 9.49. The normalized spacial score (nSPS) is 29.6. The van der Waals surface area contributed by atoms with E-state index in [1.54, 1.807) is 0 Å². The quantitative estimate of drug-likeness (QED) is 0.740. The highest BCUT2D eigenvalue weighted by atomic mass is 16.1. The topological polar surface area (TPSA) is 34.9 Å². The zero-order valence-corrected chi connectivity index (χ0v) is 15.9. The van der Waals surface area contributed by atoms with Crippen molar-refractivity contribution in [2.75, 3.05) is 0 Å². The Morgan fingerprint density at radius 1 is 1.08 bits per heavy atom. The van der Waals surface area contributed by atoms with Gasteiger partial charge >= 0.3 is 0 Å². The maximum Gasteiger partial charge on any atom is 0.139 e. The summed E-state index contributed by atoms with van der Waals surface area (Å²) in [5, 5.41) is 5.07. The smallest absolute Gasteiger partial charge is 0.139 e. The first kappa shape index (κ1) is 16.3. The second kappa shape index (κ2) is 5.55. The molecule has 3 aliphatic rings. The number of rotatable bonds is 1. The number of ketones is 1. The van der Waals surface area contributed by atoms with Crippen LogP contribution in [0.15, 0.2) is 30.3 Å². The van der Waals surface area contributed by atoms with E-state index in [9.17, 15) is 4.79 Å². The Bertz CT molecular complexity index is 860. The number of carbonyl (C=O) groups excluding carboxylic acids is 1. The Morgan fingerprint density at radius 3 is 2.54 bits per heavy atom. The van der Waals surface area contributed by atoms with Gasteiger partial charge < -0.3 is 0 Å². The molecular weight excluding hydrogens is 320 g/mol. The van der Waals surface area contributed by atoms with E-state index in [1.165, 1.54) is 35.4 Å². The molecule has 1 aromatic heterocycles. The lowest BCUT2D eigenvalue weighted by Crippen LogP contribution is -2.53. The summed E-state index contributed by atoms with van der Waals surface area (Å²) in [7, 11) is 2.08. The second-order valence-electron chi connectivity index (χ2n) is 8.96. The molecule has 1 spiro atoms. The molecule has 2 fully saturated rings. The zero-order valence-electron chi connectivity index (χ0n) is 15.9. The third kappa shape index (κ3) is 2.00. The fourth-order valence-electron chi connectivity index (χ4n) is 6.62. The van der Waals surface area contributed by atoms with Crippen LogP contribution in [0.1, 0.15) is 63.1 Å².